The summed E-state index contributed by atoms with van der Waals surface area (Å²) in [6, 6.07) is 0. The van der Waals surface area contributed by atoms with Gasteiger partial charge >= 0.3 is 0 Å². The molecule has 10 saturated carbocycles. The van der Waals surface area contributed by atoms with E-state index in [4.69, 9.17) is 5.73 Å². The Morgan fingerprint density at radius 3 is 0.786 bits per heavy atom. The summed E-state index contributed by atoms with van der Waals surface area (Å²) in [5.74, 6) is 8.95. The zero-order chi connectivity index (χ0) is 29.8. The van der Waals surface area contributed by atoms with Crippen molar-refractivity contribution in [3.05, 3.63) is 0 Å². The lowest BCUT2D eigenvalue weighted by atomic mass is 9.01. The molecule has 234 valence electrons. The highest BCUT2D eigenvalue weighted by atomic mass is 15.1. The number of hydrogen-bond acceptors (Lipinski definition) is 1. The highest BCUT2D eigenvalue weighted by molar-refractivity contribution is 5.49. The third kappa shape index (κ3) is 1.70. The predicted molar refractivity (Wildman–Crippen MR) is 172 cm³/mol. The summed E-state index contributed by atoms with van der Waals surface area (Å²) < 4.78 is 0. The highest BCUT2D eigenvalue weighted by Crippen LogP contribution is 3.07. The topological polar surface area (TPSA) is 26.0 Å². The highest BCUT2D eigenvalue weighted by Gasteiger charge is 3.02. The van der Waals surface area contributed by atoms with Gasteiger partial charge in [0.15, 0.2) is 0 Å². The molecule has 9 spiro atoms. The van der Waals surface area contributed by atoms with Gasteiger partial charge in [-0.3, -0.25) is 0 Å². The van der Waals surface area contributed by atoms with Gasteiger partial charge in [-0.2, -0.15) is 0 Å². The minimum atomic E-state index is 0.0132. The van der Waals surface area contributed by atoms with E-state index in [2.05, 4.69) is 76.2 Å². The van der Waals surface area contributed by atoms with Crippen LogP contribution in [0.5, 0.6) is 0 Å². The SMILES string of the molecule is CC1CC2(C(C)CC23C(C)CC32C(C)CC23C(C)CC32C(C)CC23C(C)CC32C(C)CC23C(C)CC32CC2C)C1(C)N. The minimum absolute atomic E-state index is 0.0132. The number of rotatable bonds is 0. The molecule has 2 N–H and O–H groups in total. The van der Waals surface area contributed by atoms with E-state index in [9.17, 15) is 0 Å². The molecule has 10 aliphatic rings. The first kappa shape index (κ1) is 27.1. The van der Waals surface area contributed by atoms with Gasteiger partial charge in [0, 0.05) is 5.54 Å². The van der Waals surface area contributed by atoms with E-state index in [1.807, 2.05) is 0 Å². The summed E-state index contributed by atoms with van der Waals surface area (Å²) in [5.41, 5.74) is 12.9. The van der Waals surface area contributed by atoms with Crippen molar-refractivity contribution < 1.29 is 0 Å². The molecule has 0 radical (unpaired) electrons. The fraction of sp³-hybridized carbons (Fsp3) is 1.00. The minimum Gasteiger partial charge on any atom is -0.325 e. The molecule has 0 aromatic carbocycles. The van der Waals surface area contributed by atoms with Gasteiger partial charge in [0.25, 0.3) is 0 Å². The van der Waals surface area contributed by atoms with Gasteiger partial charge < -0.3 is 5.73 Å². The molecule has 0 aromatic heterocycles. The van der Waals surface area contributed by atoms with E-state index in [0.717, 1.165) is 58.7 Å². The molecule has 0 heterocycles. The standard InChI is InChI=1S/C41H65N/c1-22-14-34(32(22,11)42)25(4)16-36(34)27(6)18-38(36)29(8)20-40(38)31(10)21-41(40)30(9)19-39(41)28(7)17-37(39)26(5)15-35(37)24(3)13-33(35)12-23(33)2/h22-31H,12-21,42H2,1-11H3. The van der Waals surface area contributed by atoms with Gasteiger partial charge in [0.1, 0.15) is 0 Å². The second-order valence-corrected chi connectivity index (χ2v) is 21.3. The van der Waals surface area contributed by atoms with Crippen LogP contribution >= 0.6 is 0 Å². The van der Waals surface area contributed by atoms with Crippen molar-refractivity contribution in [1.29, 1.82) is 0 Å². The molecule has 10 rings (SSSR count). The zero-order valence-corrected chi connectivity index (χ0v) is 29.4. The predicted octanol–water partition coefficient (Wildman–Crippen LogP) is 9.98. The Morgan fingerprint density at radius 1 is 0.310 bits per heavy atom. The molecule has 0 amide bonds. The number of fused-ring (bicyclic) bond motifs is 8. The van der Waals surface area contributed by atoms with E-state index in [1.165, 1.54) is 19.3 Å². The molecule has 0 bridgehead atoms. The summed E-state index contributed by atoms with van der Waals surface area (Å²) in [5, 5.41) is 0. The average Bonchev–Trinajstić information content (AvgIpc) is 3.60. The Balaban J connectivity index is 1.16. The van der Waals surface area contributed by atoms with Crippen molar-refractivity contribution in [3.63, 3.8) is 0 Å². The first-order valence-electron chi connectivity index (χ1n) is 19.3. The van der Waals surface area contributed by atoms with Crippen molar-refractivity contribution in [2.45, 2.75) is 146 Å². The largest absolute Gasteiger partial charge is 0.325 e. The summed E-state index contributed by atoms with van der Waals surface area (Å²) in [4.78, 5) is 0. The fourth-order valence-corrected chi connectivity index (χ4v) is 21.9. The lowest BCUT2D eigenvalue weighted by Gasteiger charge is -3.03. The molecule has 10 fully saturated rings. The van der Waals surface area contributed by atoms with Crippen LogP contribution in [0.4, 0.5) is 0 Å². The van der Waals surface area contributed by atoms with Crippen LogP contribution in [0.25, 0.3) is 0 Å². The van der Waals surface area contributed by atoms with Crippen LogP contribution in [0.2, 0.25) is 0 Å². The molecule has 1 heteroatoms. The molecular formula is C41H65N. The summed E-state index contributed by atoms with van der Waals surface area (Å²) in [7, 11) is 0. The van der Waals surface area contributed by atoms with Crippen molar-refractivity contribution >= 4 is 0 Å². The lowest BCUT2D eigenvalue weighted by Crippen LogP contribution is -2.99. The molecule has 20 unspecified atom stereocenters. The molecule has 0 aromatic rings. The van der Waals surface area contributed by atoms with Crippen molar-refractivity contribution in [2.24, 2.45) is 114 Å². The van der Waals surface area contributed by atoms with Crippen LogP contribution in [0.1, 0.15) is 140 Å². The van der Waals surface area contributed by atoms with E-state index in [-0.39, 0.29) is 5.54 Å². The van der Waals surface area contributed by atoms with Crippen LogP contribution < -0.4 is 5.73 Å². The Kier molecular flexibility index (Phi) is 4.22. The van der Waals surface area contributed by atoms with Crippen LogP contribution in [0, 0.1) is 108 Å². The third-order valence-electron chi connectivity index (χ3n) is 22.3. The maximum absolute atomic E-state index is 7.54. The second-order valence-electron chi connectivity index (χ2n) is 21.3. The molecule has 10 aliphatic carbocycles. The Labute approximate surface area is 259 Å². The summed E-state index contributed by atoms with van der Waals surface area (Å²) in [6.07, 6.45) is 15.4. The second kappa shape index (κ2) is 6.55. The van der Waals surface area contributed by atoms with Gasteiger partial charge in [-0.15, -0.1) is 0 Å². The average molecular weight is 572 g/mol. The van der Waals surface area contributed by atoms with E-state index < -0.39 is 0 Å². The fourth-order valence-electron chi connectivity index (χ4n) is 21.9. The van der Waals surface area contributed by atoms with E-state index >= 15 is 0 Å². The quantitative estimate of drug-likeness (QED) is 0.308. The van der Waals surface area contributed by atoms with Gasteiger partial charge in [-0.1, -0.05) is 69.2 Å². The third-order valence-corrected chi connectivity index (χ3v) is 22.3. The Bertz CT molecular complexity index is 1280. The molecule has 20 atom stereocenters. The Morgan fingerprint density at radius 2 is 0.548 bits per heavy atom. The van der Waals surface area contributed by atoms with Crippen molar-refractivity contribution in [2.75, 3.05) is 0 Å². The zero-order valence-electron chi connectivity index (χ0n) is 29.4. The van der Waals surface area contributed by atoms with Gasteiger partial charge in [-0.25, -0.2) is 0 Å². The van der Waals surface area contributed by atoms with Crippen molar-refractivity contribution in [1.82, 2.24) is 0 Å². The van der Waals surface area contributed by atoms with Gasteiger partial charge in [-0.05, 0) is 179 Å². The Hall–Kier alpha value is -0.0400. The van der Waals surface area contributed by atoms with E-state index in [1.54, 1.807) is 44.9 Å². The number of nitrogens with two attached hydrogens (primary N) is 1. The molecular weight excluding hydrogens is 506 g/mol. The van der Waals surface area contributed by atoms with Gasteiger partial charge in [0.2, 0.25) is 0 Å². The molecule has 0 aliphatic heterocycles. The maximum atomic E-state index is 7.54. The van der Waals surface area contributed by atoms with Crippen molar-refractivity contribution in [3.8, 4) is 0 Å². The van der Waals surface area contributed by atoms with Crippen LogP contribution in [0.15, 0.2) is 0 Å². The lowest BCUT2D eigenvalue weighted by molar-refractivity contribution is -0.555. The summed E-state index contributed by atoms with van der Waals surface area (Å²) in [6.45, 7) is 29.6. The number of hydrogen-bond donors (Lipinski definition) is 1. The smallest absolute Gasteiger partial charge is 0.0217 e. The summed E-state index contributed by atoms with van der Waals surface area (Å²) >= 11 is 0. The maximum Gasteiger partial charge on any atom is 0.0217 e. The molecule has 42 heavy (non-hydrogen) atoms. The van der Waals surface area contributed by atoms with Crippen LogP contribution in [0.3, 0.4) is 0 Å². The monoisotopic (exact) mass is 572 g/mol. The first-order chi connectivity index (χ1) is 19.5. The molecule has 1 nitrogen and oxygen atoms in total. The van der Waals surface area contributed by atoms with E-state index in [0.29, 0.717) is 49.2 Å². The normalized spacial score (nSPS) is 78.0. The first-order valence-corrected chi connectivity index (χ1v) is 19.3. The van der Waals surface area contributed by atoms with Crippen LogP contribution in [-0.2, 0) is 0 Å². The van der Waals surface area contributed by atoms with Crippen LogP contribution in [-0.4, -0.2) is 5.54 Å². The molecule has 0 saturated heterocycles. The van der Waals surface area contributed by atoms with Gasteiger partial charge in [0.05, 0.1) is 0 Å².